The van der Waals surface area contributed by atoms with Gasteiger partial charge in [-0.05, 0) is 42.5 Å². The molecule has 2 aromatic heterocycles. The summed E-state index contributed by atoms with van der Waals surface area (Å²) >= 11 is 0. The maximum absolute atomic E-state index is 11.7. The first-order chi connectivity index (χ1) is 16.2. The van der Waals surface area contributed by atoms with Gasteiger partial charge in [-0.2, -0.15) is 4.98 Å². The van der Waals surface area contributed by atoms with Crippen molar-refractivity contribution in [3.63, 3.8) is 0 Å². The standard InChI is InChI=1S/C25H26N6O2/c1-2-22(32)27-18-5-3-17(4-6-18)23-21-11-12-26-24(21)30-25(29-23)28-19-7-9-20(10-8-19)31-13-15-33-16-14-31/h3-12H,2,13-16H2,1H3,(H,27,32)(H2,26,28,29,30). The van der Waals surface area contributed by atoms with E-state index in [1.165, 1.54) is 5.69 Å². The number of morpholine rings is 1. The number of carbonyl (C=O) groups excluding carboxylic acids is 1. The predicted molar refractivity (Wildman–Crippen MR) is 131 cm³/mol. The van der Waals surface area contributed by atoms with Gasteiger partial charge in [0.05, 0.1) is 18.9 Å². The van der Waals surface area contributed by atoms with Gasteiger partial charge in [-0.25, -0.2) is 4.98 Å². The SMILES string of the molecule is CCC(=O)Nc1ccc(-c2nc(Nc3ccc(N4CCOCC4)cc3)nc3[nH]ccc23)cc1. The van der Waals surface area contributed by atoms with E-state index in [0.29, 0.717) is 12.4 Å². The van der Waals surface area contributed by atoms with Crippen molar-refractivity contribution in [2.75, 3.05) is 41.8 Å². The van der Waals surface area contributed by atoms with Crippen LogP contribution < -0.4 is 15.5 Å². The summed E-state index contributed by atoms with van der Waals surface area (Å²) < 4.78 is 5.44. The zero-order chi connectivity index (χ0) is 22.6. The van der Waals surface area contributed by atoms with E-state index in [0.717, 1.165) is 60.0 Å². The third kappa shape index (κ3) is 4.65. The minimum absolute atomic E-state index is 0.0102. The number of anilines is 4. The quantitative estimate of drug-likeness (QED) is 0.405. The van der Waals surface area contributed by atoms with Crippen LogP contribution in [0.3, 0.4) is 0 Å². The molecule has 3 N–H and O–H groups in total. The molecule has 1 amide bonds. The van der Waals surface area contributed by atoms with Gasteiger partial charge in [-0.15, -0.1) is 0 Å². The molecule has 8 nitrogen and oxygen atoms in total. The van der Waals surface area contributed by atoms with Gasteiger partial charge < -0.3 is 25.3 Å². The Morgan fingerprint density at radius 3 is 2.45 bits per heavy atom. The molecule has 0 atom stereocenters. The Hall–Kier alpha value is -3.91. The number of aromatic amines is 1. The lowest BCUT2D eigenvalue weighted by Crippen LogP contribution is -2.36. The normalized spacial score (nSPS) is 13.8. The lowest BCUT2D eigenvalue weighted by atomic mass is 10.1. The number of fused-ring (bicyclic) bond motifs is 1. The third-order valence-electron chi connectivity index (χ3n) is 5.68. The molecule has 1 fully saturated rings. The van der Waals surface area contributed by atoms with Crippen LogP contribution in [0.1, 0.15) is 13.3 Å². The molecule has 2 aromatic carbocycles. The zero-order valence-electron chi connectivity index (χ0n) is 18.5. The molecule has 0 bridgehead atoms. The number of nitrogens with one attached hydrogen (secondary N) is 3. The van der Waals surface area contributed by atoms with E-state index in [-0.39, 0.29) is 5.91 Å². The molecular weight excluding hydrogens is 416 g/mol. The molecular formula is C25H26N6O2. The number of rotatable bonds is 6. The highest BCUT2D eigenvalue weighted by Crippen LogP contribution is 2.29. The van der Waals surface area contributed by atoms with Crippen molar-refractivity contribution in [2.24, 2.45) is 0 Å². The number of aromatic nitrogens is 3. The zero-order valence-corrected chi connectivity index (χ0v) is 18.5. The van der Waals surface area contributed by atoms with Crippen LogP contribution in [0.5, 0.6) is 0 Å². The van der Waals surface area contributed by atoms with Crippen LogP contribution in [-0.4, -0.2) is 47.2 Å². The minimum atomic E-state index is -0.0102. The number of benzene rings is 2. The summed E-state index contributed by atoms with van der Waals surface area (Å²) in [5, 5.41) is 7.14. The average molecular weight is 443 g/mol. The fraction of sp³-hybridized carbons (Fsp3) is 0.240. The monoisotopic (exact) mass is 442 g/mol. The number of hydrogen-bond donors (Lipinski definition) is 3. The van der Waals surface area contributed by atoms with Gasteiger partial charge in [-0.3, -0.25) is 4.79 Å². The fourth-order valence-electron chi connectivity index (χ4n) is 3.88. The number of hydrogen-bond acceptors (Lipinski definition) is 6. The Balaban J connectivity index is 1.39. The van der Waals surface area contributed by atoms with E-state index in [1.54, 1.807) is 0 Å². The fourth-order valence-corrected chi connectivity index (χ4v) is 3.88. The molecule has 168 valence electrons. The summed E-state index contributed by atoms with van der Waals surface area (Å²) in [5.41, 5.74) is 5.39. The van der Waals surface area contributed by atoms with Crippen molar-refractivity contribution in [3.05, 3.63) is 60.8 Å². The molecule has 0 spiro atoms. The number of H-pyrrole nitrogens is 1. The molecule has 0 aliphatic carbocycles. The molecule has 0 unspecified atom stereocenters. The maximum Gasteiger partial charge on any atom is 0.229 e. The molecule has 5 rings (SSSR count). The van der Waals surface area contributed by atoms with Crippen molar-refractivity contribution in [3.8, 4) is 11.3 Å². The topological polar surface area (TPSA) is 95.2 Å². The average Bonchev–Trinajstić information content (AvgIpc) is 3.34. The van der Waals surface area contributed by atoms with Gasteiger partial charge in [0.2, 0.25) is 11.9 Å². The van der Waals surface area contributed by atoms with E-state index in [4.69, 9.17) is 9.72 Å². The highest BCUT2D eigenvalue weighted by atomic mass is 16.5. The largest absolute Gasteiger partial charge is 0.378 e. The highest BCUT2D eigenvalue weighted by Gasteiger charge is 2.13. The molecule has 1 aliphatic rings. The Labute approximate surface area is 192 Å². The maximum atomic E-state index is 11.7. The number of amides is 1. The molecule has 1 saturated heterocycles. The summed E-state index contributed by atoms with van der Waals surface area (Å²) in [5.74, 6) is 0.506. The molecule has 0 radical (unpaired) electrons. The summed E-state index contributed by atoms with van der Waals surface area (Å²) in [6, 6.07) is 18.0. The van der Waals surface area contributed by atoms with E-state index >= 15 is 0 Å². The Morgan fingerprint density at radius 1 is 1.00 bits per heavy atom. The van der Waals surface area contributed by atoms with Gasteiger partial charge in [0.15, 0.2) is 0 Å². The molecule has 4 aromatic rings. The second-order valence-electron chi connectivity index (χ2n) is 7.89. The number of carbonyl (C=O) groups is 1. The Bertz CT molecular complexity index is 1240. The van der Waals surface area contributed by atoms with Crippen LogP contribution in [0.2, 0.25) is 0 Å². The van der Waals surface area contributed by atoms with Crippen LogP contribution >= 0.6 is 0 Å². The van der Waals surface area contributed by atoms with Crippen LogP contribution in [-0.2, 0) is 9.53 Å². The first-order valence-corrected chi connectivity index (χ1v) is 11.1. The van der Waals surface area contributed by atoms with Crippen LogP contribution in [0.15, 0.2) is 60.8 Å². The van der Waals surface area contributed by atoms with Crippen molar-refractivity contribution < 1.29 is 9.53 Å². The molecule has 1 aliphatic heterocycles. The van der Waals surface area contributed by atoms with E-state index in [2.05, 4.69) is 37.6 Å². The lowest BCUT2D eigenvalue weighted by Gasteiger charge is -2.28. The van der Waals surface area contributed by atoms with Crippen LogP contribution in [0, 0.1) is 0 Å². The molecule has 33 heavy (non-hydrogen) atoms. The van der Waals surface area contributed by atoms with Crippen LogP contribution in [0.25, 0.3) is 22.3 Å². The van der Waals surface area contributed by atoms with E-state index in [1.807, 2.05) is 55.6 Å². The van der Waals surface area contributed by atoms with Crippen molar-refractivity contribution in [1.82, 2.24) is 15.0 Å². The van der Waals surface area contributed by atoms with Gasteiger partial charge >= 0.3 is 0 Å². The summed E-state index contributed by atoms with van der Waals surface area (Å²) in [7, 11) is 0. The number of ether oxygens (including phenoxy) is 1. The minimum Gasteiger partial charge on any atom is -0.378 e. The third-order valence-corrected chi connectivity index (χ3v) is 5.68. The predicted octanol–water partition coefficient (Wildman–Crippen LogP) is 4.55. The summed E-state index contributed by atoms with van der Waals surface area (Å²) in [4.78, 5) is 26.6. The van der Waals surface area contributed by atoms with E-state index in [9.17, 15) is 4.79 Å². The first kappa shape index (κ1) is 21.0. The molecule has 3 heterocycles. The second-order valence-corrected chi connectivity index (χ2v) is 7.89. The van der Waals surface area contributed by atoms with Crippen molar-refractivity contribution >= 4 is 40.0 Å². The number of nitrogens with zero attached hydrogens (tertiary/aromatic N) is 3. The van der Waals surface area contributed by atoms with Gasteiger partial charge in [0, 0.05) is 53.7 Å². The molecule has 0 saturated carbocycles. The summed E-state index contributed by atoms with van der Waals surface area (Å²) in [6.45, 7) is 5.17. The summed E-state index contributed by atoms with van der Waals surface area (Å²) in [6.07, 6.45) is 2.31. The van der Waals surface area contributed by atoms with Crippen LogP contribution in [0.4, 0.5) is 23.0 Å². The lowest BCUT2D eigenvalue weighted by molar-refractivity contribution is -0.115. The van der Waals surface area contributed by atoms with Crippen molar-refractivity contribution in [2.45, 2.75) is 13.3 Å². The Kier molecular flexibility index (Phi) is 5.91. The van der Waals surface area contributed by atoms with Crippen molar-refractivity contribution in [1.29, 1.82) is 0 Å². The van der Waals surface area contributed by atoms with Gasteiger partial charge in [0.1, 0.15) is 5.65 Å². The first-order valence-electron chi connectivity index (χ1n) is 11.1. The highest BCUT2D eigenvalue weighted by molar-refractivity contribution is 5.93. The van der Waals surface area contributed by atoms with E-state index < -0.39 is 0 Å². The van der Waals surface area contributed by atoms with Gasteiger partial charge in [-0.1, -0.05) is 19.1 Å². The Morgan fingerprint density at radius 2 is 1.73 bits per heavy atom. The molecule has 8 heteroatoms. The smallest absolute Gasteiger partial charge is 0.229 e. The van der Waals surface area contributed by atoms with Gasteiger partial charge in [0.25, 0.3) is 0 Å². The second kappa shape index (κ2) is 9.30.